The maximum Gasteiger partial charge on any atom is 0.695 e. The average Bonchev–Trinajstić information content (AvgIpc) is 2.12. The van der Waals surface area contributed by atoms with Gasteiger partial charge in [0.15, 0.2) is 12.4 Å². The summed E-state index contributed by atoms with van der Waals surface area (Å²) in [6.45, 7) is 7.72. The summed E-state index contributed by atoms with van der Waals surface area (Å²) < 4.78 is 14.7. The highest BCUT2D eigenvalue weighted by Crippen LogP contribution is 2.27. The number of Topliss-reactive ketones (excluding diaryl/α,β-unsaturated/α-hetero) is 1. The van der Waals surface area contributed by atoms with Gasteiger partial charge >= 0.3 is 8.25 Å². The van der Waals surface area contributed by atoms with Gasteiger partial charge in [-0.3, -0.25) is 4.79 Å². The molecule has 0 bridgehead atoms. The van der Waals surface area contributed by atoms with Gasteiger partial charge in [-0.25, -0.2) is 0 Å². The van der Waals surface area contributed by atoms with Gasteiger partial charge in [0, 0.05) is 9.98 Å². The summed E-state index contributed by atoms with van der Waals surface area (Å²) in [5.74, 6) is 0.516. The Morgan fingerprint density at radius 3 is 2.44 bits per heavy atom. The number of carbonyl (C=O) groups excluding carboxylic acids is 1. The smallest absolute Gasteiger partial charge is 0.296 e. The van der Waals surface area contributed by atoms with Gasteiger partial charge in [0.05, 0.1) is 0 Å². The van der Waals surface area contributed by atoms with Crippen LogP contribution in [0.15, 0.2) is 0 Å². The zero-order valence-electron chi connectivity index (χ0n) is 10.5. The van der Waals surface area contributed by atoms with Crippen molar-refractivity contribution in [1.82, 2.24) is 0 Å². The minimum absolute atomic E-state index is 0.117. The molecule has 4 nitrogen and oxygen atoms in total. The minimum atomic E-state index is -2.67. The van der Waals surface area contributed by atoms with Crippen LogP contribution in [0.1, 0.15) is 47.0 Å². The van der Waals surface area contributed by atoms with Crippen LogP contribution in [0, 0.1) is 11.3 Å². The molecule has 0 amide bonds. The van der Waals surface area contributed by atoms with Gasteiger partial charge in [-0.2, -0.15) is 0 Å². The van der Waals surface area contributed by atoms with Gasteiger partial charge in [-0.1, -0.05) is 40.5 Å². The second-order valence-corrected chi connectivity index (χ2v) is 5.84. The van der Waals surface area contributed by atoms with Crippen molar-refractivity contribution >= 4 is 14.0 Å². The molecule has 0 aliphatic carbocycles. The van der Waals surface area contributed by atoms with E-state index in [1.807, 2.05) is 13.8 Å². The van der Waals surface area contributed by atoms with Crippen LogP contribution in [0.25, 0.3) is 0 Å². The first-order chi connectivity index (χ1) is 7.25. The maximum absolute atomic E-state index is 11.7. The quantitative estimate of drug-likeness (QED) is 0.671. The van der Waals surface area contributed by atoms with E-state index < -0.39 is 13.7 Å². The molecule has 0 rings (SSSR count). The van der Waals surface area contributed by atoms with Crippen LogP contribution in [-0.4, -0.2) is 17.3 Å². The van der Waals surface area contributed by atoms with Gasteiger partial charge < -0.3 is 0 Å². The molecule has 0 radical (unpaired) electrons. The van der Waals surface area contributed by atoms with Crippen LogP contribution in [0.3, 0.4) is 0 Å². The van der Waals surface area contributed by atoms with Crippen LogP contribution in [0.2, 0.25) is 0 Å². The first kappa shape index (κ1) is 15.7. The van der Waals surface area contributed by atoms with Crippen molar-refractivity contribution in [3.05, 3.63) is 0 Å². The third-order valence-electron chi connectivity index (χ3n) is 2.64. The number of ketones is 1. The molecule has 0 saturated carbocycles. The zero-order chi connectivity index (χ0) is 12.8. The highest BCUT2D eigenvalue weighted by molar-refractivity contribution is 7.32. The average molecular weight is 249 g/mol. The molecular formula is C11H22O4P+. The Morgan fingerprint density at radius 1 is 1.44 bits per heavy atom. The monoisotopic (exact) mass is 249 g/mol. The van der Waals surface area contributed by atoms with E-state index in [2.05, 4.69) is 18.4 Å². The molecule has 0 fully saturated rings. The molecule has 94 valence electrons. The fourth-order valence-electron chi connectivity index (χ4n) is 1.40. The van der Waals surface area contributed by atoms with Crippen molar-refractivity contribution in [2.24, 2.45) is 11.3 Å². The summed E-state index contributed by atoms with van der Waals surface area (Å²) in [7, 11) is -2.67. The van der Waals surface area contributed by atoms with E-state index >= 15 is 0 Å². The Labute approximate surface area is 98.3 Å². The van der Waals surface area contributed by atoms with Gasteiger partial charge in [0.25, 0.3) is 0 Å². The van der Waals surface area contributed by atoms with E-state index in [1.54, 1.807) is 0 Å². The van der Waals surface area contributed by atoms with Crippen molar-refractivity contribution in [2.45, 2.75) is 47.0 Å². The van der Waals surface area contributed by atoms with Gasteiger partial charge in [-0.05, 0) is 12.3 Å². The van der Waals surface area contributed by atoms with E-state index in [9.17, 15) is 9.36 Å². The molecule has 0 aromatic rings. The summed E-state index contributed by atoms with van der Waals surface area (Å²) in [6.07, 6.45) is 2.86. The standard InChI is InChI=1S/C11H21O4P/c1-9(2)6-5-7-11(3,4)10(12)8-15-16(13)14/h9H,5-8H2,1-4H3/p+1. The molecule has 0 heterocycles. The molecule has 0 aliphatic rings. The lowest BCUT2D eigenvalue weighted by atomic mass is 9.82. The SMILES string of the molecule is CC(C)CCCC(C)(C)C(=O)CO[P+](=O)O. The highest BCUT2D eigenvalue weighted by atomic mass is 31.1. The minimum Gasteiger partial charge on any atom is -0.296 e. The predicted octanol–water partition coefficient (Wildman–Crippen LogP) is 3.07. The third kappa shape index (κ3) is 7.04. The normalized spacial score (nSPS) is 13.0. The molecule has 0 aliphatic heterocycles. The molecule has 1 atom stereocenters. The fourth-order valence-corrected chi connectivity index (χ4v) is 1.63. The van der Waals surface area contributed by atoms with E-state index in [0.717, 1.165) is 19.3 Å². The van der Waals surface area contributed by atoms with Crippen molar-refractivity contribution in [3.63, 3.8) is 0 Å². The molecule has 16 heavy (non-hydrogen) atoms. The van der Waals surface area contributed by atoms with Gasteiger partial charge in [0.2, 0.25) is 0 Å². The summed E-state index contributed by atoms with van der Waals surface area (Å²) in [6, 6.07) is 0. The van der Waals surface area contributed by atoms with E-state index in [-0.39, 0.29) is 12.4 Å². The molecule has 0 aromatic heterocycles. The molecule has 1 unspecified atom stereocenters. The largest absolute Gasteiger partial charge is 0.695 e. The lowest BCUT2D eigenvalue weighted by Crippen LogP contribution is -2.27. The van der Waals surface area contributed by atoms with Crippen LogP contribution < -0.4 is 0 Å². The Morgan fingerprint density at radius 2 is 2.00 bits per heavy atom. The Bertz CT molecular complexity index is 248. The predicted molar refractivity (Wildman–Crippen MR) is 63.3 cm³/mol. The second-order valence-electron chi connectivity index (χ2n) is 5.10. The van der Waals surface area contributed by atoms with Gasteiger partial charge in [0.1, 0.15) is 0 Å². The van der Waals surface area contributed by atoms with Crippen LogP contribution in [-0.2, 0) is 13.9 Å². The van der Waals surface area contributed by atoms with Crippen molar-refractivity contribution in [1.29, 1.82) is 0 Å². The summed E-state index contributed by atoms with van der Waals surface area (Å²) >= 11 is 0. The first-order valence-corrected chi connectivity index (χ1v) is 6.71. The lowest BCUT2D eigenvalue weighted by Gasteiger charge is -2.22. The van der Waals surface area contributed by atoms with E-state index in [1.165, 1.54) is 0 Å². The maximum atomic E-state index is 11.7. The van der Waals surface area contributed by atoms with Crippen LogP contribution in [0.4, 0.5) is 0 Å². The van der Waals surface area contributed by atoms with Gasteiger partial charge in [-0.15, -0.1) is 9.42 Å². The summed E-state index contributed by atoms with van der Waals surface area (Å²) in [5, 5.41) is 0. The van der Waals surface area contributed by atoms with Crippen molar-refractivity contribution in [3.8, 4) is 0 Å². The summed E-state index contributed by atoms with van der Waals surface area (Å²) in [5.41, 5.74) is -0.472. The van der Waals surface area contributed by atoms with Crippen LogP contribution >= 0.6 is 8.25 Å². The van der Waals surface area contributed by atoms with E-state index in [0.29, 0.717) is 5.92 Å². The van der Waals surface area contributed by atoms with Crippen LogP contribution in [0.5, 0.6) is 0 Å². The number of carbonyl (C=O) groups is 1. The van der Waals surface area contributed by atoms with E-state index in [4.69, 9.17) is 4.89 Å². The number of rotatable bonds is 8. The second kappa shape index (κ2) is 7.10. The molecule has 0 spiro atoms. The van der Waals surface area contributed by atoms with Crippen molar-refractivity contribution < 1.29 is 18.8 Å². The lowest BCUT2D eigenvalue weighted by molar-refractivity contribution is -0.129. The topological polar surface area (TPSA) is 63.6 Å². The first-order valence-electron chi connectivity index (χ1n) is 5.58. The molecule has 0 aromatic carbocycles. The molecule has 1 N–H and O–H groups in total. The Hall–Kier alpha value is -0.310. The Kier molecular flexibility index (Phi) is 6.96. The summed E-state index contributed by atoms with van der Waals surface area (Å²) in [4.78, 5) is 20.1. The number of hydrogen-bond acceptors (Lipinski definition) is 3. The molecule has 5 heteroatoms. The zero-order valence-corrected chi connectivity index (χ0v) is 11.4. The van der Waals surface area contributed by atoms with Crippen molar-refractivity contribution in [2.75, 3.05) is 6.61 Å². The molecular weight excluding hydrogens is 227 g/mol. The number of hydrogen-bond donors (Lipinski definition) is 1. The Balaban J connectivity index is 4.00. The third-order valence-corrected chi connectivity index (χ3v) is 2.99. The molecule has 0 saturated heterocycles. The fraction of sp³-hybridized carbons (Fsp3) is 0.909. The highest BCUT2D eigenvalue weighted by Gasteiger charge is 2.29.